The zero-order valence-corrected chi connectivity index (χ0v) is 17.3. The highest BCUT2D eigenvalue weighted by molar-refractivity contribution is 5.92. The first-order valence-electron chi connectivity index (χ1n) is 9.77. The Morgan fingerprint density at radius 2 is 1.83 bits per heavy atom. The van der Waals surface area contributed by atoms with Crippen molar-refractivity contribution in [2.24, 2.45) is 0 Å². The summed E-state index contributed by atoms with van der Waals surface area (Å²) in [5, 5.41) is 3.58. The summed E-state index contributed by atoms with van der Waals surface area (Å²) in [6, 6.07) is 11.0. The van der Waals surface area contributed by atoms with E-state index in [-0.39, 0.29) is 5.91 Å². The van der Waals surface area contributed by atoms with Crippen molar-refractivity contribution in [3.05, 3.63) is 63.5 Å². The summed E-state index contributed by atoms with van der Waals surface area (Å²) in [6.07, 6.45) is 0.891. The molecule has 1 aliphatic rings. The number of rotatable bonds is 5. The van der Waals surface area contributed by atoms with Crippen LogP contribution in [0.3, 0.4) is 0 Å². The number of carbonyl (C=O) groups excluding carboxylic acids is 1. The third-order valence-electron chi connectivity index (χ3n) is 5.34. The summed E-state index contributed by atoms with van der Waals surface area (Å²) in [5.74, 6) is 1.28. The largest absolute Gasteiger partial charge is 0.493 e. The van der Waals surface area contributed by atoms with Crippen LogP contribution in [0.25, 0.3) is 11.0 Å². The number of amides is 1. The van der Waals surface area contributed by atoms with Crippen LogP contribution in [0, 0.1) is 0 Å². The number of carbonyl (C=O) groups is 1. The molecular weight excluding hydrogens is 384 g/mol. The van der Waals surface area contributed by atoms with Crippen LogP contribution in [0.1, 0.15) is 23.6 Å². The fourth-order valence-corrected chi connectivity index (χ4v) is 3.96. The third-order valence-corrected chi connectivity index (χ3v) is 5.34. The van der Waals surface area contributed by atoms with Crippen LogP contribution < -0.4 is 20.4 Å². The number of anilines is 1. The summed E-state index contributed by atoms with van der Waals surface area (Å²) >= 11 is 0. The zero-order chi connectivity index (χ0) is 21.3. The van der Waals surface area contributed by atoms with Gasteiger partial charge in [0, 0.05) is 49.8 Å². The lowest BCUT2D eigenvalue weighted by atomic mass is 9.98. The average Bonchev–Trinajstić information content (AvgIpc) is 2.71. The predicted octanol–water partition coefficient (Wildman–Crippen LogP) is 3.33. The molecule has 1 aromatic heterocycles. The molecule has 4 rings (SSSR count). The lowest BCUT2D eigenvalue weighted by Crippen LogP contribution is -2.30. The number of hydrogen-bond acceptors (Lipinski definition) is 6. The van der Waals surface area contributed by atoms with E-state index in [4.69, 9.17) is 13.9 Å². The van der Waals surface area contributed by atoms with Crippen LogP contribution in [0.5, 0.6) is 11.5 Å². The molecule has 3 aromatic rings. The summed E-state index contributed by atoms with van der Waals surface area (Å²) in [4.78, 5) is 25.7. The summed E-state index contributed by atoms with van der Waals surface area (Å²) < 4.78 is 16.2. The van der Waals surface area contributed by atoms with Gasteiger partial charge in [-0.3, -0.25) is 9.69 Å². The molecule has 0 bridgehead atoms. The van der Waals surface area contributed by atoms with Gasteiger partial charge in [-0.25, -0.2) is 4.79 Å². The number of methoxy groups -OCH3 is 2. The highest BCUT2D eigenvalue weighted by Crippen LogP contribution is 2.34. The van der Waals surface area contributed by atoms with Gasteiger partial charge in [0.15, 0.2) is 11.5 Å². The van der Waals surface area contributed by atoms with Gasteiger partial charge in [0.1, 0.15) is 5.58 Å². The third kappa shape index (κ3) is 4.02. The number of ether oxygens (including phenoxy) is 2. The molecule has 156 valence electrons. The SMILES string of the molecule is COc1cc2c(cc1OC)CN(Cc1cc(=O)oc3cc(NC(C)=O)ccc13)CC2. The van der Waals surface area contributed by atoms with Crippen molar-refractivity contribution >= 4 is 22.6 Å². The molecule has 1 amide bonds. The van der Waals surface area contributed by atoms with Gasteiger partial charge in [0.2, 0.25) is 5.91 Å². The molecular formula is C23H24N2O5. The Morgan fingerprint density at radius 1 is 1.10 bits per heavy atom. The Morgan fingerprint density at radius 3 is 2.53 bits per heavy atom. The van der Waals surface area contributed by atoms with Crippen molar-refractivity contribution in [3.63, 3.8) is 0 Å². The fraction of sp³-hybridized carbons (Fsp3) is 0.304. The number of hydrogen-bond donors (Lipinski definition) is 1. The van der Waals surface area contributed by atoms with Gasteiger partial charge >= 0.3 is 5.63 Å². The maximum absolute atomic E-state index is 12.1. The van der Waals surface area contributed by atoms with Crippen LogP contribution in [-0.2, 0) is 24.3 Å². The van der Waals surface area contributed by atoms with Gasteiger partial charge < -0.3 is 19.2 Å². The number of nitrogens with one attached hydrogen (secondary N) is 1. The molecule has 0 saturated heterocycles. The molecule has 0 aliphatic carbocycles. The van der Waals surface area contributed by atoms with Crippen molar-refractivity contribution < 1.29 is 18.7 Å². The molecule has 30 heavy (non-hydrogen) atoms. The van der Waals surface area contributed by atoms with E-state index >= 15 is 0 Å². The van der Waals surface area contributed by atoms with E-state index in [1.807, 2.05) is 24.3 Å². The standard InChI is InChI=1S/C23H24N2O5/c1-14(26)24-18-4-5-19-17(10-23(27)30-20(19)11-18)13-25-7-6-15-8-21(28-2)22(29-3)9-16(15)12-25/h4-5,8-11H,6-7,12-13H2,1-3H3,(H,24,26). The van der Waals surface area contributed by atoms with Gasteiger partial charge in [0.25, 0.3) is 0 Å². The Labute approximate surface area is 174 Å². The van der Waals surface area contributed by atoms with Crippen LogP contribution >= 0.6 is 0 Å². The van der Waals surface area contributed by atoms with E-state index in [0.717, 1.165) is 42.0 Å². The minimum Gasteiger partial charge on any atom is -0.493 e. The van der Waals surface area contributed by atoms with E-state index in [1.54, 1.807) is 26.4 Å². The lowest BCUT2D eigenvalue weighted by Gasteiger charge is -2.29. The highest BCUT2D eigenvalue weighted by atomic mass is 16.5. The predicted molar refractivity (Wildman–Crippen MR) is 114 cm³/mol. The van der Waals surface area contributed by atoms with Crippen LogP contribution in [0.15, 0.2) is 45.6 Å². The fourth-order valence-electron chi connectivity index (χ4n) is 3.96. The maximum Gasteiger partial charge on any atom is 0.336 e. The summed E-state index contributed by atoms with van der Waals surface area (Å²) in [6.45, 7) is 3.68. The first-order chi connectivity index (χ1) is 14.5. The molecule has 0 fully saturated rings. The Kier molecular flexibility index (Phi) is 5.46. The van der Waals surface area contributed by atoms with E-state index in [2.05, 4.69) is 10.2 Å². The van der Waals surface area contributed by atoms with Gasteiger partial charge in [0.05, 0.1) is 14.2 Å². The molecule has 2 aromatic carbocycles. The normalized spacial score (nSPS) is 13.7. The molecule has 7 nitrogen and oxygen atoms in total. The average molecular weight is 408 g/mol. The van der Waals surface area contributed by atoms with Gasteiger partial charge in [-0.1, -0.05) is 0 Å². The molecule has 7 heteroatoms. The van der Waals surface area contributed by atoms with E-state index in [1.165, 1.54) is 18.1 Å². The number of fused-ring (bicyclic) bond motifs is 2. The minimum absolute atomic E-state index is 0.174. The van der Waals surface area contributed by atoms with Gasteiger partial charge in [-0.2, -0.15) is 0 Å². The molecule has 0 spiro atoms. The molecule has 2 heterocycles. The number of nitrogens with zero attached hydrogens (tertiary/aromatic N) is 1. The molecule has 1 aliphatic heterocycles. The van der Waals surface area contributed by atoms with Crippen LogP contribution in [-0.4, -0.2) is 31.6 Å². The molecule has 0 saturated carbocycles. The lowest BCUT2D eigenvalue weighted by molar-refractivity contribution is -0.114. The highest BCUT2D eigenvalue weighted by Gasteiger charge is 2.20. The van der Waals surface area contributed by atoms with E-state index in [0.29, 0.717) is 17.8 Å². The van der Waals surface area contributed by atoms with E-state index < -0.39 is 5.63 Å². The minimum atomic E-state index is -0.402. The van der Waals surface area contributed by atoms with E-state index in [9.17, 15) is 9.59 Å². The van der Waals surface area contributed by atoms with Gasteiger partial charge in [-0.05, 0) is 47.4 Å². The first kappa shape index (κ1) is 20.0. The second-order valence-corrected chi connectivity index (χ2v) is 7.42. The topological polar surface area (TPSA) is 81.0 Å². The first-order valence-corrected chi connectivity index (χ1v) is 9.77. The van der Waals surface area contributed by atoms with Crippen molar-refractivity contribution in [2.75, 3.05) is 26.1 Å². The van der Waals surface area contributed by atoms with Crippen molar-refractivity contribution in [2.45, 2.75) is 26.4 Å². The van der Waals surface area contributed by atoms with Crippen LogP contribution in [0.2, 0.25) is 0 Å². The Balaban J connectivity index is 1.62. The Hall–Kier alpha value is -3.32. The second-order valence-electron chi connectivity index (χ2n) is 7.42. The van der Waals surface area contributed by atoms with Crippen LogP contribution in [0.4, 0.5) is 5.69 Å². The van der Waals surface area contributed by atoms with Crippen molar-refractivity contribution in [1.29, 1.82) is 0 Å². The zero-order valence-electron chi connectivity index (χ0n) is 17.3. The monoisotopic (exact) mass is 408 g/mol. The number of benzene rings is 2. The second kappa shape index (κ2) is 8.20. The van der Waals surface area contributed by atoms with Gasteiger partial charge in [-0.15, -0.1) is 0 Å². The molecule has 0 atom stereocenters. The molecule has 0 radical (unpaired) electrons. The van der Waals surface area contributed by atoms with Crippen molar-refractivity contribution in [3.8, 4) is 11.5 Å². The summed E-state index contributed by atoms with van der Waals surface area (Å²) in [5.41, 5.74) is 4.01. The van der Waals surface area contributed by atoms with Crippen molar-refractivity contribution in [1.82, 2.24) is 4.90 Å². The molecule has 1 N–H and O–H groups in total. The quantitative estimate of drug-likeness (QED) is 0.653. The smallest absolute Gasteiger partial charge is 0.336 e. The summed E-state index contributed by atoms with van der Waals surface area (Å²) in [7, 11) is 3.28. The maximum atomic E-state index is 12.1. The Bertz CT molecular complexity index is 1170. The molecule has 0 unspecified atom stereocenters.